The number of amides is 3. The third-order valence-electron chi connectivity index (χ3n) is 14.1. The second kappa shape index (κ2) is 24.8. The number of aromatic amines is 2. The molecule has 83 heavy (non-hydrogen) atoms. The van der Waals surface area contributed by atoms with E-state index in [1.54, 1.807) is 48.8 Å². The molecule has 1 atom stereocenters. The summed E-state index contributed by atoms with van der Waals surface area (Å²) in [5.74, 6) is 1.40. The van der Waals surface area contributed by atoms with E-state index in [4.69, 9.17) is 14.6 Å². The zero-order valence-electron chi connectivity index (χ0n) is 44.2. The van der Waals surface area contributed by atoms with Gasteiger partial charge in [-0.1, -0.05) is 19.3 Å². The number of anilines is 4. The number of halogens is 6. The molecule has 4 aliphatic rings. The van der Waals surface area contributed by atoms with Crippen molar-refractivity contribution in [2.45, 2.75) is 95.1 Å². The number of aromatic nitrogens is 8. The van der Waals surface area contributed by atoms with Gasteiger partial charge < -0.3 is 40.7 Å². The molecule has 4 fully saturated rings. The maximum Gasteiger partial charge on any atom is 0.416 e. The number of pyridine rings is 4. The quantitative estimate of drug-likeness (QED) is 0.0499. The van der Waals surface area contributed by atoms with Gasteiger partial charge in [-0.2, -0.15) is 36.5 Å². The van der Waals surface area contributed by atoms with E-state index in [1.165, 1.54) is 43.5 Å². The van der Waals surface area contributed by atoms with Gasteiger partial charge in [0.2, 0.25) is 5.91 Å². The molecule has 0 bridgehead atoms. The standard InChI is InChI=1S/C28H26F3N7O3.C25H23F3N6O2.C4H6O2/c29-28(30,31)18-9-11-32-22(14-18)35-26(39)16-5-7-20(8-6-16)41-21-10-12-33-24-23(21)25(37-36-24)34-19-2-1-13-38(15-19)27(40)17-3-4-17;26-25(27,28)16-10-12-29-20(14-16)32-24(35)15-6-8-18(9-7-15)36-19-11-13-30-22-21(19)23(34-33-22)31-17-4-2-1-3-5-17;5-4(6)3-1-2-3/h5-12,14,17,19H,1-4,13,15H2,(H,32,35,39)(H2,33,34,36,37);6-14,17H,1-5H2,(H,29,32,35)(H2,30,31,33,34);3H,1-2H2,(H,5,6)/t19-;;/m1../s1. The van der Waals surface area contributed by atoms with Crippen molar-refractivity contribution in [3.05, 3.63) is 132 Å². The molecule has 3 saturated carbocycles. The normalized spacial score (nSPS) is 16.4. The van der Waals surface area contributed by atoms with Crippen LogP contribution in [-0.2, 0) is 21.9 Å². The Bertz CT molecular complexity index is 3600. The molecule has 7 N–H and O–H groups in total. The number of carbonyl (C=O) groups is 4. The van der Waals surface area contributed by atoms with Crippen molar-refractivity contribution >= 4 is 69.0 Å². The largest absolute Gasteiger partial charge is 0.481 e. The molecule has 0 radical (unpaired) electrons. The summed E-state index contributed by atoms with van der Waals surface area (Å²) in [4.78, 5) is 65.6. The van der Waals surface area contributed by atoms with E-state index < -0.39 is 41.3 Å². The lowest BCUT2D eigenvalue weighted by atomic mass is 9.95. The summed E-state index contributed by atoms with van der Waals surface area (Å²) in [5, 5.41) is 35.8. The first-order chi connectivity index (χ1) is 39.9. The van der Waals surface area contributed by atoms with E-state index in [2.05, 4.69) is 61.6 Å². The molecular formula is C57H55F6N13O7. The van der Waals surface area contributed by atoms with Gasteiger partial charge in [-0.05, 0) is 124 Å². The number of piperidine rings is 1. The molecule has 432 valence electrons. The van der Waals surface area contributed by atoms with Crippen LogP contribution >= 0.6 is 0 Å². The molecule has 2 aromatic carbocycles. The fourth-order valence-electron chi connectivity index (χ4n) is 9.40. The lowest BCUT2D eigenvalue weighted by molar-refractivity contribution is -0.139. The number of alkyl halides is 6. The second-order valence-corrected chi connectivity index (χ2v) is 20.4. The number of likely N-dealkylation sites (tertiary alicyclic amines) is 1. The molecule has 7 heterocycles. The second-order valence-electron chi connectivity index (χ2n) is 20.4. The van der Waals surface area contributed by atoms with E-state index in [-0.39, 0.29) is 46.5 Å². The Hall–Kier alpha value is -9.36. The third-order valence-corrected chi connectivity index (χ3v) is 14.1. The average molecular weight is 1150 g/mol. The number of carbonyl (C=O) groups excluding carboxylic acids is 3. The van der Waals surface area contributed by atoms with Crippen LogP contribution in [0.25, 0.3) is 22.1 Å². The van der Waals surface area contributed by atoms with Gasteiger partial charge in [0.15, 0.2) is 22.9 Å². The molecular weight excluding hydrogens is 1090 g/mol. The highest BCUT2D eigenvalue weighted by Gasteiger charge is 2.36. The zero-order chi connectivity index (χ0) is 58.3. The van der Waals surface area contributed by atoms with E-state index in [1.807, 2.05) is 4.90 Å². The molecule has 0 unspecified atom stereocenters. The van der Waals surface area contributed by atoms with Crippen molar-refractivity contribution in [1.29, 1.82) is 0 Å². The van der Waals surface area contributed by atoms with Crippen molar-refractivity contribution in [1.82, 2.24) is 45.2 Å². The number of carboxylic acids is 1. The summed E-state index contributed by atoms with van der Waals surface area (Å²) in [6, 6.07) is 19.5. The fraction of sp³-hybridized carbons (Fsp3) is 0.333. The third kappa shape index (κ3) is 14.8. The molecule has 3 aliphatic carbocycles. The highest BCUT2D eigenvalue weighted by Crippen LogP contribution is 2.38. The number of fused-ring (bicyclic) bond motifs is 2. The minimum atomic E-state index is -4.55. The molecule has 26 heteroatoms. The Morgan fingerprint density at radius 2 is 0.988 bits per heavy atom. The van der Waals surface area contributed by atoms with Gasteiger partial charge in [-0.3, -0.25) is 29.4 Å². The van der Waals surface area contributed by atoms with Crippen molar-refractivity contribution < 1.29 is 60.1 Å². The maximum atomic E-state index is 13.0. The molecule has 1 saturated heterocycles. The van der Waals surface area contributed by atoms with Crippen molar-refractivity contribution in [2.75, 3.05) is 34.4 Å². The lowest BCUT2D eigenvalue weighted by Gasteiger charge is -2.33. The number of H-pyrrole nitrogens is 2. The van der Waals surface area contributed by atoms with Crippen LogP contribution in [0.15, 0.2) is 110 Å². The van der Waals surface area contributed by atoms with Gasteiger partial charge in [-0.25, -0.2) is 19.9 Å². The minimum Gasteiger partial charge on any atom is -0.481 e. The van der Waals surface area contributed by atoms with Crippen LogP contribution in [0.5, 0.6) is 23.0 Å². The molecule has 8 aromatic rings. The SMILES string of the molecule is O=C(Nc1cc(C(F)(F)F)ccn1)c1ccc(Oc2ccnc3[nH]nc(NC4CCCCC4)c23)cc1.O=C(Nc1cc(C(F)(F)F)ccn1)c1ccc(Oc2ccnc3[nH]nc(N[C@@H]4CCCN(C(=O)C5CC5)C4)c23)cc1.O=C(O)C1CC1. The number of ether oxygens (including phenoxy) is 2. The minimum absolute atomic E-state index is 0.0185. The Balaban J connectivity index is 0.000000169. The summed E-state index contributed by atoms with van der Waals surface area (Å²) in [6.45, 7) is 1.38. The van der Waals surface area contributed by atoms with Crippen LogP contribution in [0, 0.1) is 11.8 Å². The van der Waals surface area contributed by atoms with E-state index in [0.717, 1.165) is 100.0 Å². The first-order valence-corrected chi connectivity index (χ1v) is 26.9. The van der Waals surface area contributed by atoms with Crippen LogP contribution in [0.2, 0.25) is 0 Å². The first kappa shape index (κ1) is 56.9. The van der Waals surface area contributed by atoms with Crippen LogP contribution in [0.3, 0.4) is 0 Å². The number of hydrogen-bond acceptors (Lipinski definition) is 14. The molecule has 6 aromatic heterocycles. The number of nitrogens with zero attached hydrogens (tertiary/aromatic N) is 7. The van der Waals surface area contributed by atoms with E-state index in [9.17, 15) is 45.5 Å². The van der Waals surface area contributed by atoms with Gasteiger partial charge in [0.1, 0.15) is 45.4 Å². The Morgan fingerprint density at radius 1 is 0.542 bits per heavy atom. The molecule has 20 nitrogen and oxygen atoms in total. The summed E-state index contributed by atoms with van der Waals surface area (Å²) in [7, 11) is 0. The lowest BCUT2D eigenvalue weighted by Crippen LogP contribution is -2.45. The summed E-state index contributed by atoms with van der Waals surface area (Å²) in [5.41, 5.74) is -0.228. The van der Waals surface area contributed by atoms with E-state index in [0.29, 0.717) is 63.9 Å². The van der Waals surface area contributed by atoms with Crippen molar-refractivity contribution in [3.63, 3.8) is 0 Å². The van der Waals surface area contributed by atoms with Crippen LogP contribution in [0.1, 0.15) is 102 Å². The highest BCUT2D eigenvalue weighted by atomic mass is 19.4. The number of benzene rings is 2. The predicted molar refractivity (Wildman–Crippen MR) is 292 cm³/mol. The Morgan fingerprint density at radius 3 is 1.42 bits per heavy atom. The number of nitrogens with one attached hydrogen (secondary N) is 6. The van der Waals surface area contributed by atoms with Gasteiger partial charge in [0.05, 0.1) is 17.0 Å². The molecule has 3 amide bonds. The number of aliphatic carboxylic acids is 1. The number of rotatable bonds is 14. The number of carboxylic acid groups (broad SMARTS) is 1. The smallest absolute Gasteiger partial charge is 0.416 e. The van der Waals surface area contributed by atoms with E-state index >= 15 is 0 Å². The predicted octanol–water partition coefficient (Wildman–Crippen LogP) is 11.9. The number of hydrogen-bond donors (Lipinski definition) is 7. The summed E-state index contributed by atoms with van der Waals surface area (Å²) in [6.07, 6.45) is 7.46. The average Bonchev–Trinajstić information content (AvgIpc) is 4.60. The monoisotopic (exact) mass is 1150 g/mol. The van der Waals surface area contributed by atoms with Gasteiger partial charge in [0, 0.05) is 79.1 Å². The van der Waals surface area contributed by atoms with Crippen LogP contribution in [-0.4, -0.2) is 99.2 Å². The molecule has 0 spiro atoms. The molecule has 12 rings (SSSR count). The summed E-state index contributed by atoms with van der Waals surface area (Å²) < 4.78 is 89.8. The van der Waals surface area contributed by atoms with Crippen LogP contribution < -0.4 is 30.7 Å². The Kier molecular flexibility index (Phi) is 17.0. The van der Waals surface area contributed by atoms with Gasteiger partial charge in [-0.15, -0.1) is 0 Å². The van der Waals surface area contributed by atoms with Crippen LogP contribution in [0.4, 0.5) is 49.6 Å². The van der Waals surface area contributed by atoms with Crippen molar-refractivity contribution in [2.24, 2.45) is 11.8 Å². The topological polar surface area (TPSA) is 267 Å². The first-order valence-electron chi connectivity index (χ1n) is 26.9. The summed E-state index contributed by atoms with van der Waals surface area (Å²) >= 11 is 0. The zero-order valence-corrected chi connectivity index (χ0v) is 44.2. The Labute approximate surface area is 469 Å². The van der Waals surface area contributed by atoms with Gasteiger partial charge >= 0.3 is 18.3 Å². The van der Waals surface area contributed by atoms with Crippen molar-refractivity contribution in [3.8, 4) is 23.0 Å². The highest BCUT2D eigenvalue weighted by molar-refractivity contribution is 6.04. The maximum absolute atomic E-state index is 13.0. The van der Waals surface area contributed by atoms with Gasteiger partial charge in [0.25, 0.3) is 11.8 Å². The fourth-order valence-corrected chi connectivity index (χ4v) is 9.40. The molecule has 1 aliphatic heterocycles.